The molecular formula is C6H5BrCl2. The van der Waals surface area contributed by atoms with Gasteiger partial charge in [-0.3, -0.25) is 0 Å². The summed E-state index contributed by atoms with van der Waals surface area (Å²) in [6.07, 6.45) is 4.53. The highest BCUT2D eigenvalue weighted by Gasteiger charge is 2.08. The Morgan fingerprint density at radius 1 is 1.56 bits per heavy atom. The van der Waals surface area contributed by atoms with E-state index >= 15 is 0 Å². The van der Waals surface area contributed by atoms with Crippen molar-refractivity contribution >= 4 is 39.1 Å². The van der Waals surface area contributed by atoms with Gasteiger partial charge in [0.1, 0.15) is 0 Å². The summed E-state index contributed by atoms with van der Waals surface area (Å²) in [5.41, 5.74) is 0. The first-order valence-corrected chi connectivity index (χ1v) is 4.23. The molecule has 9 heavy (non-hydrogen) atoms. The van der Waals surface area contributed by atoms with Crippen LogP contribution < -0.4 is 0 Å². The number of hydrogen-bond acceptors (Lipinski definition) is 0. The fourth-order valence-corrected chi connectivity index (χ4v) is 2.27. The Morgan fingerprint density at radius 2 is 2.22 bits per heavy atom. The maximum atomic E-state index is 5.71. The zero-order chi connectivity index (χ0) is 6.85. The minimum Gasteiger partial charge on any atom is -0.0890 e. The molecule has 1 aliphatic carbocycles. The molecule has 50 valence electrons. The monoisotopic (exact) mass is 226 g/mol. The molecule has 0 aromatic rings. The summed E-state index contributed by atoms with van der Waals surface area (Å²) in [5.74, 6) is 0. The van der Waals surface area contributed by atoms with Crippen LogP contribution in [0.25, 0.3) is 0 Å². The molecule has 1 aliphatic rings. The Kier molecular flexibility index (Phi) is 2.62. The van der Waals surface area contributed by atoms with E-state index in [1.807, 2.05) is 6.08 Å². The third-order valence-electron chi connectivity index (χ3n) is 1.02. The lowest BCUT2D eigenvalue weighted by Gasteiger charge is -2.08. The molecule has 0 saturated heterocycles. The minimum absolute atomic E-state index is 0.308. The van der Waals surface area contributed by atoms with E-state index in [2.05, 4.69) is 15.9 Å². The first kappa shape index (κ1) is 7.64. The molecule has 3 heteroatoms. The van der Waals surface area contributed by atoms with Gasteiger partial charge in [0.25, 0.3) is 0 Å². The number of halogens is 3. The van der Waals surface area contributed by atoms with E-state index in [-0.39, 0.29) is 0 Å². The molecule has 0 amide bonds. The van der Waals surface area contributed by atoms with Gasteiger partial charge in [-0.2, -0.15) is 0 Å². The summed E-state index contributed by atoms with van der Waals surface area (Å²) in [6.45, 7) is 0. The highest BCUT2D eigenvalue weighted by atomic mass is 79.9. The molecule has 0 aromatic heterocycles. The van der Waals surface area contributed by atoms with E-state index in [4.69, 9.17) is 23.2 Å². The SMILES string of the molecule is ClC1=CC(Br)CC(Cl)=C1. The maximum absolute atomic E-state index is 5.71. The zero-order valence-electron chi connectivity index (χ0n) is 4.57. The molecule has 0 fully saturated rings. The number of allylic oxidation sites excluding steroid dienone is 4. The highest BCUT2D eigenvalue weighted by Crippen LogP contribution is 2.26. The van der Waals surface area contributed by atoms with Gasteiger partial charge in [-0.15, -0.1) is 0 Å². The van der Waals surface area contributed by atoms with Crippen molar-refractivity contribution in [2.24, 2.45) is 0 Å². The van der Waals surface area contributed by atoms with Gasteiger partial charge in [0, 0.05) is 14.9 Å². The second-order valence-electron chi connectivity index (χ2n) is 1.86. The molecule has 0 aromatic carbocycles. The molecule has 0 nitrogen and oxygen atoms in total. The number of alkyl halides is 1. The van der Waals surface area contributed by atoms with Gasteiger partial charge in [-0.25, -0.2) is 0 Å². The smallest absolute Gasteiger partial charge is 0.0391 e. The first-order valence-electron chi connectivity index (χ1n) is 2.56. The molecule has 0 N–H and O–H groups in total. The van der Waals surface area contributed by atoms with E-state index < -0.39 is 0 Å². The van der Waals surface area contributed by atoms with E-state index in [0.29, 0.717) is 9.86 Å². The molecular weight excluding hydrogens is 223 g/mol. The average molecular weight is 228 g/mol. The zero-order valence-corrected chi connectivity index (χ0v) is 7.67. The molecule has 0 saturated carbocycles. The van der Waals surface area contributed by atoms with Gasteiger partial charge in [-0.1, -0.05) is 45.2 Å². The fraction of sp³-hybridized carbons (Fsp3) is 0.333. The second-order valence-corrected chi connectivity index (χ2v) is 3.96. The third kappa shape index (κ3) is 2.32. The molecule has 1 unspecified atom stereocenters. The molecule has 0 aliphatic heterocycles. The van der Waals surface area contributed by atoms with Crippen molar-refractivity contribution in [1.29, 1.82) is 0 Å². The van der Waals surface area contributed by atoms with E-state index in [1.165, 1.54) is 0 Å². The Labute approximate surface area is 72.7 Å². The lowest BCUT2D eigenvalue weighted by atomic mass is 10.2. The van der Waals surface area contributed by atoms with Gasteiger partial charge in [0.05, 0.1) is 0 Å². The van der Waals surface area contributed by atoms with Crippen molar-refractivity contribution in [3.8, 4) is 0 Å². The lowest BCUT2D eigenvalue weighted by molar-refractivity contribution is 1.05. The van der Waals surface area contributed by atoms with Crippen LogP contribution in [0.2, 0.25) is 0 Å². The number of hydrogen-bond donors (Lipinski definition) is 0. The molecule has 1 rings (SSSR count). The normalized spacial score (nSPS) is 27.2. The predicted molar refractivity (Wildman–Crippen MR) is 45.2 cm³/mol. The topological polar surface area (TPSA) is 0 Å². The summed E-state index contributed by atoms with van der Waals surface area (Å²) in [6, 6.07) is 0. The Bertz CT molecular complexity index is 172. The summed E-state index contributed by atoms with van der Waals surface area (Å²) < 4.78 is 0. The second kappa shape index (κ2) is 3.09. The Morgan fingerprint density at radius 3 is 2.67 bits per heavy atom. The fourth-order valence-electron chi connectivity index (χ4n) is 0.675. The standard InChI is InChI=1S/C6H5BrCl2/c7-4-1-5(8)3-6(9)2-4/h1,3-4H,2H2. The van der Waals surface area contributed by atoms with Crippen LogP contribution in [0.4, 0.5) is 0 Å². The average Bonchev–Trinajstić information content (AvgIpc) is 1.59. The Balaban J connectivity index is 2.74. The van der Waals surface area contributed by atoms with E-state index in [1.54, 1.807) is 6.08 Å². The molecule has 0 heterocycles. The van der Waals surface area contributed by atoms with Crippen LogP contribution in [0.3, 0.4) is 0 Å². The molecule has 0 bridgehead atoms. The maximum Gasteiger partial charge on any atom is 0.0391 e. The first-order chi connectivity index (χ1) is 4.18. The van der Waals surface area contributed by atoms with Crippen LogP contribution in [0, 0.1) is 0 Å². The van der Waals surface area contributed by atoms with Crippen LogP contribution in [-0.2, 0) is 0 Å². The predicted octanol–water partition coefficient (Wildman–Crippen LogP) is 3.40. The van der Waals surface area contributed by atoms with Crippen molar-refractivity contribution in [2.45, 2.75) is 11.2 Å². The summed E-state index contributed by atoms with van der Waals surface area (Å²) in [4.78, 5) is 0.308. The van der Waals surface area contributed by atoms with Gasteiger partial charge in [0.2, 0.25) is 0 Å². The van der Waals surface area contributed by atoms with Gasteiger partial charge < -0.3 is 0 Å². The van der Waals surface area contributed by atoms with Crippen molar-refractivity contribution in [3.05, 3.63) is 22.2 Å². The van der Waals surface area contributed by atoms with Crippen molar-refractivity contribution in [3.63, 3.8) is 0 Å². The number of rotatable bonds is 0. The van der Waals surface area contributed by atoms with Gasteiger partial charge in [0.15, 0.2) is 0 Å². The highest BCUT2D eigenvalue weighted by molar-refractivity contribution is 9.09. The van der Waals surface area contributed by atoms with Crippen molar-refractivity contribution < 1.29 is 0 Å². The van der Waals surface area contributed by atoms with Crippen molar-refractivity contribution in [1.82, 2.24) is 0 Å². The van der Waals surface area contributed by atoms with Crippen molar-refractivity contribution in [2.75, 3.05) is 0 Å². The third-order valence-corrected chi connectivity index (χ3v) is 2.11. The lowest BCUT2D eigenvalue weighted by Crippen LogP contribution is -1.97. The van der Waals surface area contributed by atoms with Crippen LogP contribution in [0.1, 0.15) is 6.42 Å². The molecule has 0 radical (unpaired) electrons. The summed E-state index contributed by atoms with van der Waals surface area (Å²) in [5, 5.41) is 1.53. The van der Waals surface area contributed by atoms with Crippen LogP contribution in [-0.4, -0.2) is 4.83 Å². The summed E-state index contributed by atoms with van der Waals surface area (Å²) >= 11 is 14.8. The van der Waals surface area contributed by atoms with E-state index in [0.717, 1.165) is 11.5 Å². The Hall–Kier alpha value is 0.540. The van der Waals surface area contributed by atoms with Gasteiger partial charge >= 0.3 is 0 Å². The summed E-state index contributed by atoms with van der Waals surface area (Å²) in [7, 11) is 0. The minimum atomic E-state index is 0.308. The van der Waals surface area contributed by atoms with Crippen LogP contribution >= 0.6 is 39.1 Å². The molecule has 1 atom stereocenters. The van der Waals surface area contributed by atoms with E-state index in [9.17, 15) is 0 Å². The van der Waals surface area contributed by atoms with Crippen LogP contribution in [0.5, 0.6) is 0 Å². The largest absolute Gasteiger partial charge is 0.0890 e. The van der Waals surface area contributed by atoms with Gasteiger partial charge in [-0.05, 0) is 12.5 Å². The van der Waals surface area contributed by atoms with Crippen LogP contribution in [0.15, 0.2) is 22.2 Å². The quantitative estimate of drug-likeness (QED) is 0.557. The molecule has 0 spiro atoms.